The van der Waals surface area contributed by atoms with Crippen molar-refractivity contribution in [3.63, 3.8) is 0 Å². The number of amides is 2. The molecule has 0 aromatic heterocycles. The summed E-state index contributed by atoms with van der Waals surface area (Å²) in [5.74, 6) is -2.24. The molecule has 1 saturated heterocycles. The zero-order valence-electron chi connectivity index (χ0n) is 14.4. The van der Waals surface area contributed by atoms with Gasteiger partial charge in [0.05, 0.1) is 17.5 Å². The van der Waals surface area contributed by atoms with Crippen LogP contribution in [0.15, 0.2) is 84.9 Å². The number of carbonyl (C=O) groups is 2. The van der Waals surface area contributed by atoms with Gasteiger partial charge in [-0.1, -0.05) is 72.8 Å². The fourth-order valence-electron chi connectivity index (χ4n) is 4.63. The first-order valence-electron chi connectivity index (χ1n) is 8.90. The number of piperidine rings is 1. The van der Waals surface area contributed by atoms with E-state index >= 15 is 0 Å². The highest BCUT2D eigenvalue weighted by atomic mass is 19.1. The Morgan fingerprint density at radius 3 is 1.59 bits per heavy atom. The molecule has 1 heterocycles. The smallest absolute Gasteiger partial charge is 0.239 e. The van der Waals surface area contributed by atoms with Crippen LogP contribution in [0.2, 0.25) is 0 Å². The second kappa shape index (κ2) is 5.61. The lowest BCUT2D eigenvalue weighted by Crippen LogP contribution is -2.39. The van der Waals surface area contributed by atoms with Crippen LogP contribution in [0.5, 0.6) is 0 Å². The molecular weight excluding hydrogens is 341 g/mol. The number of fused-ring (bicyclic) bond motifs is 1. The second-order valence-corrected chi connectivity index (χ2v) is 7.02. The Morgan fingerprint density at radius 1 is 0.667 bits per heavy atom. The summed E-state index contributed by atoms with van der Waals surface area (Å²) < 4.78 is 14.2. The first kappa shape index (κ1) is 15.9. The van der Waals surface area contributed by atoms with E-state index in [0.717, 1.165) is 16.0 Å². The van der Waals surface area contributed by atoms with E-state index in [4.69, 9.17) is 0 Å². The van der Waals surface area contributed by atoms with E-state index in [0.29, 0.717) is 0 Å². The van der Waals surface area contributed by atoms with Crippen molar-refractivity contribution >= 4 is 17.5 Å². The maximum absolute atomic E-state index is 14.2. The fraction of sp³-hybridized carbons (Fsp3) is 0.130. The van der Waals surface area contributed by atoms with E-state index in [2.05, 4.69) is 0 Å². The molecule has 0 bridgehead atoms. The Balaban J connectivity index is 1.64. The van der Waals surface area contributed by atoms with Gasteiger partial charge in [0, 0.05) is 5.41 Å². The van der Waals surface area contributed by atoms with Gasteiger partial charge in [-0.25, -0.2) is 9.29 Å². The van der Waals surface area contributed by atoms with Crippen LogP contribution in [0, 0.1) is 17.7 Å². The maximum atomic E-state index is 14.2. The van der Waals surface area contributed by atoms with E-state index in [-0.39, 0.29) is 17.5 Å². The molecule has 1 aliphatic carbocycles. The molecule has 27 heavy (non-hydrogen) atoms. The molecule has 0 N–H and O–H groups in total. The number of imide groups is 1. The highest BCUT2D eigenvalue weighted by Crippen LogP contribution is 2.68. The lowest BCUT2D eigenvalue weighted by atomic mass is 9.83. The highest BCUT2D eigenvalue weighted by Gasteiger charge is 2.78. The summed E-state index contributed by atoms with van der Waals surface area (Å²) in [7, 11) is 0. The standard InChI is InChI=1S/C23H16FNO2/c24-17-13-7-8-14-18(17)25-21(26)19-20(22(25)27)23(19,15-9-3-1-4-10-15)16-11-5-2-6-12-16/h1-14,19-20H/t19-,20-/m1/s1. The van der Waals surface area contributed by atoms with E-state index in [1.165, 1.54) is 12.1 Å². The summed E-state index contributed by atoms with van der Waals surface area (Å²) in [6.07, 6.45) is 0. The number of anilines is 1. The molecule has 3 aromatic rings. The number of nitrogens with zero attached hydrogens (tertiary/aromatic N) is 1. The predicted molar refractivity (Wildman–Crippen MR) is 99.5 cm³/mol. The molecule has 2 aliphatic rings. The average molecular weight is 357 g/mol. The van der Waals surface area contributed by atoms with Crippen LogP contribution in [-0.2, 0) is 15.0 Å². The number of rotatable bonds is 3. The summed E-state index contributed by atoms with van der Waals surface area (Å²) >= 11 is 0. The van der Waals surface area contributed by atoms with Crippen LogP contribution in [0.25, 0.3) is 0 Å². The Bertz CT molecular complexity index is 985. The van der Waals surface area contributed by atoms with Gasteiger partial charge in [-0.05, 0) is 23.3 Å². The third-order valence-corrected chi connectivity index (χ3v) is 5.77. The topological polar surface area (TPSA) is 37.4 Å². The number of hydrogen-bond donors (Lipinski definition) is 0. The van der Waals surface area contributed by atoms with Crippen molar-refractivity contribution in [2.45, 2.75) is 5.41 Å². The van der Waals surface area contributed by atoms with E-state index in [1.54, 1.807) is 12.1 Å². The highest BCUT2D eigenvalue weighted by molar-refractivity contribution is 6.27. The molecule has 2 amide bonds. The van der Waals surface area contributed by atoms with Crippen molar-refractivity contribution in [3.8, 4) is 0 Å². The third kappa shape index (κ3) is 2.01. The Labute approximate surface area is 156 Å². The van der Waals surface area contributed by atoms with Gasteiger partial charge in [0.2, 0.25) is 11.8 Å². The van der Waals surface area contributed by atoms with Gasteiger partial charge in [0.1, 0.15) is 5.82 Å². The number of halogens is 1. The Morgan fingerprint density at radius 2 is 1.11 bits per heavy atom. The van der Waals surface area contributed by atoms with Gasteiger partial charge in [-0.2, -0.15) is 0 Å². The molecule has 2 atom stereocenters. The normalized spacial score (nSPS) is 22.6. The van der Waals surface area contributed by atoms with Crippen molar-refractivity contribution in [2.24, 2.45) is 11.8 Å². The van der Waals surface area contributed by atoms with E-state index in [9.17, 15) is 14.0 Å². The predicted octanol–water partition coefficient (Wildman–Crippen LogP) is 3.93. The minimum atomic E-state index is -0.668. The molecule has 3 aromatic carbocycles. The van der Waals surface area contributed by atoms with Crippen molar-refractivity contribution in [1.29, 1.82) is 0 Å². The van der Waals surface area contributed by atoms with Crippen molar-refractivity contribution in [3.05, 3.63) is 102 Å². The van der Waals surface area contributed by atoms with Gasteiger partial charge < -0.3 is 0 Å². The van der Waals surface area contributed by atoms with Crippen LogP contribution < -0.4 is 4.90 Å². The zero-order valence-corrected chi connectivity index (χ0v) is 14.4. The number of benzene rings is 3. The molecule has 1 aliphatic heterocycles. The van der Waals surface area contributed by atoms with Gasteiger partial charge in [0.25, 0.3) is 0 Å². The largest absolute Gasteiger partial charge is 0.274 e. The lowest BCUT2D eigenvalue weighted by molar-refractivity contribution is -0.124. The number of para-hydroxylation sites is 1. The lowest BCUT2D eigenvalue weighted by Gasteiger charge is -2.26. The molecule has 2 fully saturated rings. The molecule has 3 nitrogen and oxygen atoms in total. The fourth-order valence-corrected chi connectivity index (χ4v) is 4.63. The molecule has 0 radical (unpaired) electrons. The first-order valence-corrected chi connectivity index (χ1v) is 8.90. The number of carbonyl (C=O) groups excluding carboxylic acids is 2. The van der Waals surface area contributed by atoms with Crippen LogP contribution in [-0.4, -0.2) is 11.8 Å². The van der Waals surface area contributed by atoms with Crippen molar-refractivity contribution in [1.82, 2.24) is 0 Å². The van der Waals surface area contributed by atoms with Crippen LogP contribution >= 0.6 is 0 Å². The number of hydrogen-bond acceptors (Lipinski definition) is 2. The molecule has 0 unspecified atom stereocenters. The van der Waals surface area contributed by atoms with Crippen LogP contribution in [0.4, 0.5) is 10.1 Å². The van der Waals surface area contributed by atoms with Crippen molar-refractivity contribution in [2.75, 3.05) is 4.90 Å². The summed E-state index contributed by atoms with van der Waals surface area (Å²) in [4.78, 5) is 27.4. The van der Waals surface area contributed by atoms with Crippen molar-refractivity contribution < 1.29 is 14.0 Å². The summed E-state index contributed by atoms with van der Waals surface area (Å²) in [5.41, 5.74) is 1.26. The van der Waals surface area contributed by atoms with E-state index in [1.807, 2.05) is 60.7 Å². The maximum Gasteiger partial charge on any atom is 0.239 e. The summed E-state index contributed by atoms with van der Waals surface area (Å²) in [6, 6.07) is 25.2. The Hall–Kier alpha value is -3.27. The van der Waals surface area contributed by atoms with Gasteiger partial charge in [-0.15, -0.1) is 0 Å². The minimum Gasteiger partial charge on any atom is -0.274 e. The van der Waals surface area contributed by atoms with Gasteiger partial charge in [-0.3, -0.25) is 9.59 Å². The monoisotopic (exact) mass is 357 g/mol. The third-order valence-electron chi connectivity index (χ3n) is 5.77. The summed E-state index contributed by atoms with van der Waals surface area (Å²) in [6.45, 7) is 0. The second-order valence-electron chi connectivity index (χ2n) is 7.02. The molecule has 132 valence electrons. The van der Waals surface area contributed by atoms with E-state index < -0.39 is 23.1 Å². The SMILES string of the molecule is O=C1[C@H]2[C@H](C(=O)N1c1ccccc1F)C2(c1ccccc1)c1ccccc1. The van der Waals surface area contributed by atoms with Gasteiger partial charge in [0.15, 0.2) is 0 Å². The quantitative estimate of drug-likeness (QED) is 0.666. The van der Waals surface area contributed by atoms with Crippen LogP contribution in [0.3, 0.4) is 0 Å². The molecule has 5 rings (SSSR count). The zero-order chi connectivity index (χ0) is 18.6. The van der Waals surface area contributed by atoms with Gasteiger partial charge >= 0.3 is 0 Å². The molecule has 1 saturated carbocycles. The molecule has 4 heteroatoms. The summed E-state index contributed by atoms with van der Waals surface area (Å²) in [5, 5.41) is 0. The minimum absolute atomic E-state index is 0.0368. The molecule has 0 spiro atoms. The Kier molecular flexibility index (Phi) is 3.31. The first-order chi connectivity index (χ1) is 13.2. The average Bonchev–Trinajstić information content (AvgIpc) is 3.35. The van der Waals surface area contributed by atoms with Crippen LogP contribution in [0.1, 0.15) is 11.1 Å². The molecular formula is C23H16FNO2.